The number of rotatable bonds is 6. The summed E-state index contributed by atoms with van der Waals surface area (Å²) in [6.45, 7) is 6.37. The second-order valence-electron chi connectivity index (χ2n) is 12.5. The Morgan fingerprint density at radius 1 is 1.08 bits per heavy atom. The van der Waals surface area contributed by atoms with Gasteiger partial charge in [-0.05, 0) is 69.7 Å². The molecule has 0 aromatic carbocycles. The fraction of sp³-hybridized carbons (Fsp3) is 0.962. The van der Waals surface area contributed by atoms with Crippen LogP contribution in [0.4, 0.5) is 13.2 Å². The van der Waals surface area contributed by atoms with Gasteiger partial charge in [0, 0.05) is 37.6 Å². The third kappa shape index (κ3) is 5.17. The number of carbonyl (C=O) groups excluding carboxylic acids is 1. The molecule has 36 heavy (non-hydrogen) atoms. The van der Waals surface area contributed by atoms with Gasteiger partial charge in [-0.2, -0.15) is 13.2 Å². The number of aliphatic hydroxyl groups excluding tert-OH is 1. The minimum atomic E-state index is -4.29. The van der Waals surface area contributed by atoms with Crippen LogP contribution in [-0.4, -0.2) is 89.6 Å². The zero-order chi connectivity index (χ0) is 25.8. The summed E-state index contributed by atoms with van der Waals surface area (Å²) in [7, 11) is 2.09. The number of nitrogens with zero attached hydrogens (tertiary/aromatic N) is 3. The number of alkyl halides is 3. The van der Waals surface area contributed by atoms with E-state index in [0.29, 0.717) is 31.3 Å². The molecule has 0 aromatic rings. The number of carbonyl (C=O) groups is 1. The van der Waals surface area contributed by atoms with Gasteiger partial charge in [-0.15, -0.1) is 0 Å². The van der Waals surface area contributed by atoms with E-state index in [-0.39, 0.29) is 49.1 Å². The Hall–Kier alpha value is -0.940. The highest BCUT2D eigenvalue weighted by Crippen LogP contribution is 2.52. The predicted octanol–water partition coefficient (Wildman–Crippen LogP) is 2.62. The molecule has 3 saturated heterocycles. The molecule has 206 valence electrons. The first kappa shape index (κ1) is 26.7. The van der Waals surface area contributed by atoms with Crippen LogP contribution in [0.5, 0.6) is 0 Å². The van der Waals surface area contributed by atoms with Crippen LogP contribution < -0.4 is 10.9 Å². The molecule has 2 aliphatic carbocycles. The Morgan fingerprint density at radius 3 is 2.47 bits per heavy atom. The van der Waals surface area contributed by atoms with Crippen molar-refractivity contribution in [1.29, 1.82) is 0 Å². The Kier molecular flexibility index (Phi) is 7.64. The van der Waals surface area contributed by atoms with E-state index in [1.54, 1.807) is 0 Å². The predicted molar refractivity (Wildman–Crippen MR) is 130 cm³/mol. The second kappa shape index (κ2) is 10.3. The van der Waals surface area contributed by atoms with E-state index in [0.717, 1.165) is 38.8 Å². The van der Waals surface area contributed by atoms with Crippen LogP contribution in [0.3, 0.4) is 0 Å². The molecule has 0 radical (unpaired) electrons. The van der Waals surface area contributed by atoms with Crippen molar-refractivity contribution >= 4 is 5.91 Å². The van der Waals surface area contributed by atoms with Gasteiger partial charge < -0.3 is 10.0 Å². The molecule has 7 nitrogen and oxygen atoms in total. The van der Waals surface area contributed by atoms with E-state index >= 15 is 0 Å². The van der Waals surface area contributed by atoms with Crippen molar-refractivity contribution in [2.75, 3.05) is 33.4 Å². The van der Waals surface area contributed by atoms with Gasteiger partial charge in [0.15, 0.2) is 0 Å². The van der Waals surface area contributed by atoms with Gasteiger partial charge in [0.25, 0.3) is 0 Å². The smallest absolute Gasteiger partial charge is 0.390 e. The summed E-state index contributed by atoms with van der Waals surface area (Å²) in [5.41, 5.74) is 6.50. The molecule has 3 aliphatic heterocycles. The number of hydrogen-bond donors (Lipinski definition) is 3. The third-order valence-electron chi connectivity index (χ3n) is 10.4. The fourth-order valence-electron chi connectivity index (χ4n) is 7.96. The maximum absolute atomic E-state index is 14.3. The van der Waals surface area contributed by atoms with E-state index in [1.165, 1.54) is 0 Å². The number of hydrogen-bond acceptors (Lipinski definition) is 6. The Balaban J connectivity index is 1.26. The van der Waals surface area contributed by atoms with Crippen molar-refractivity contribution < 1.29 is 23.1 Å². The van der Waals surface area contributed by atoms with Crippen LogP contribution in [0.15, 0.2) is 0 Å². The average molecular weight is 516 g/mol. The second-order valence-corrected chi connectivity index (χ2v) is 12.5. The van der Waals surface area contributed by atoms with Crippen LogP contribution in [0, 0.1) is 35.5 Å². The van der Waals surface area contributed by atoms with Crippen molar-refractivity contribution in [3.8, 4) is 0 Å². The highest BCUT2D eigenvalue weighted by atomic mass is 19.4. The van der Waals surface area contributed by atoms with Crippen LogP contribution in [-0.2, 0) is 4.79 Å². The number of hydrazine groups is 1. The molecule has 1 amide bonds. The van der Waals surface area contributed by atoms with E-state index in [4.69, 9.17) is 0 Å². The summed E-state index contributed by atoms with van der Waals surface area (Å²) in [6, 6.07) is 0.0183. The maximum Gasteiger partial charge on any atom is 0.392 e. The van der Waals surface area contributed by atoms with Gasteiger partial charge >= 0.3 is 6.18 Å². The lowest BCUT2D eigenvalue weighted by molar-refractivity contribution is -0.207. The lowest BCUT2D eigenvalue weighted by atomic mass is 9.66. The Bertz CT molecular complexity index is 794. The third-order valence-corrected chi connectivity index (χ3v) is 10.4. The number of halogens is 3. The molecule has 10 heteroatoms. The van der Waals surface area contributed by atoms with Gasteiger partial charge in [0.05, 0.1) is 24.9 Å². The largest absolute Gasteiger partial charge is 0.392 e. The number of fused-ring (bicyclic) bond motifs is 1. The summed E-state index contributed by atoms with van der Waals surface area (Å²) in [5.74, 6) is -1.80. The zero-order valence-corrected chi connectivity index (χ0v) is 21.9. The van der Waals surface area contributed by atoms with Crippen LogP contribution >= 0.6 is 0 Å². The summed E-state index contributed by atoms with van der Waals surface area (Å²) < 4.78 is 42.8. The molecule has 5 aliphatic rings. The molecule has 7 unspecified atom stereocenters. The van der Waals surface area contributed by atoms with Crippen molar-refractivity contribution in [1.82, 2.24) is 25.6 Å². The molecule has 0 spiro atoms. The molecule has 2 saturated carbocycles. The molecule has 9 atom stereocenters. The van der Waals surface area contributed by atoms with E-state index in [2.05, 4.69) is 34.6 Å². The van der Waals surface area contributed by atoms with Gasteiger partial charge in [-0.3, -0.25) is 14.6 Å². The van der Waals surface area contributed by atoms with Crippen molar-refractivity contribution in [2.45, 2.75) is 89.3 Å². The first-order chi connectivity index (χ1) is 17.0. The molecule has 0 bridgehead atoms. The van der Waals surface area contributed by atoms with Gasteiger partial charge in [-0.1, -0.05) is 19.8 Å². The van der Waals surface area contributed by atoms with Crippen LogP contribution in [0.25, 0.3) is 0 Å². The van der Waals surface area contributed by atoms with E-state index in [9.17, 15) is 23.1 Å². The molecule has 3 heterocycles. The minimum Gasteiger partial charge on any atom is -0.390 e. The summed E-state index contributed by atoms with van der Waals surface area (Å²) in [6.07, 6.45) is 1.24. The molecule has 3 N–H and O–H groups in total. The first-order valence-electron chi connectivity index (χ1n) is 14.0. The normalized spacial score (nSPS) is 40.8. The standard InChI is InChI=1S/C26H44F3N5O2/c1-15(7-24-31-30-14-32(24)3)17-5-4-6-19(8-17)34-13-22-21(25(34)36)9-18(10-23(22)26(27,28)29)16(2)33-11-20(35)12-33/h15-24,30-31,35H,4-14H2,1-3H3/t15-,16-,17?,18?,19?,21?,22?,23?,24?/m1/s1. The summed E-state index contributed by atoms with van der Waals surface area (Å²) in [5, 5.41) is 9.68. The van der Waals surface area contributed by atoms with E-state index in [1.807, 2.05) is 11.8 Å². The maximum atomic E-state index is 14.3. The number of amides is 1. The van der Waals surface area contributed by atoms with Gasteiger partial charge in [-0.25, -0.2) is 10.9 Å². The highest BCUT2D eigenvalue weighted by Gasteiger charge is 2.58. The Morgan fingerprint density at radius 2 is 1.83 bits per heavy atom. The molecular formula is C26H44F3N5O2. The molecule has 5 fully saturated rings. The van der Waals surface area contributed by atoms with Gasteiger partial charge in [0.1, 0.15) is 0 Å². The Labute approximate surface area is 213 Å². The topological polar surface area (TPSA) is 71.1 Å². The summed E-state index contributed by atoms with van der Waals surface area (Å²) in [4.78, 5) is 19.9. The molecule has 0 aromatic heterocycles. The number of likely N-dealkylation sites (tertiary alicyclic amines) is 2. The SMILES string of the molecule is C[C@H](CC1NNCN1C)C1CCCC(N2CC3C(CC([C@@H](C)N4CC(O)C4)CC3C(F)(F)F)C2=O)C1. The van der Waals surface area contributed by atoms with Crippen LogP contribution in [0.1, 0.15) is 58.8 Å². The number of aliphatic hydroxyl groups is 1. The quantitative estimate of drug-likeness (QED) is 0.505. The monoisotopic (exact) mass is 515 g/mol. The van der Waals surface area contributed by atoms with Crippen molar-refractivity contribution in [2.24, 2.45) is 35.5 Å². The lowest BCUT2D eigenvalue weighted by Crippen LogP contribution is -2.58. The number of β-amino-alcohol motifs (C(OH)–C–C–N with tert-alkyl or cyclic N) is 1. The zero-order valence-electron chi connectivity index (χ0n) is 21.9. The summed E-state index contributed by atoms with van der Waals surface area (Å²) >= 11 is 0. The van der Waals surface area contributed by atoms with Gasteiger partial charge in [0.2, 0.25) is 5.91 Å². The molecule has 5 rings (SSSR count). The minimum absolute atomic E-state index is 0.0329. The van der Waals surface area contributed by atoms with Crippen LogP contribution in [0.2, 0.25) is 0 Å². The highest BCUT2D eigenvalue weighted by molar-refractivity contribution is 5.82. The average Bonchev–Trinajstić information content (AvgIpc) is 3.37. The number of nitrogens with one attached hydrogen (secondary N) is 2. The van der Waals surface area contributed by atoms with Crippen molar-refractivity contribution in [3.63, 3.8) is 0 Å². The molecular weight excluding hydrogens is 471 g/mol. The fourth-order valence-corrected chi connectivity index (χ4v) is 7.96. The van der Waals surface area contributed by atoms with E-state index < -0.39 is 23.9 Å². The first-order valence-corrected chi connectivity index (χ1v) is 14.0. The van der Waals surface area contributed by atoms with Crippen molar-refractivity contribution in [3.05, 3.63) is 0 Å². The lowest BCUT2D eigenvalue weighted by Gasteiger charge is -2.47.